The van der Waals surface area contributed by atoms with Crippen molar-refractivity contribution in [2.24, 2.45) is 0 Å². The van der Waals surface area contributed by atoms with Crippen molar-refractivity contribution in [2.45, 2.75) is 19.9 Å². The number of hydrogen-bond donors (Lipinski definition) is 0. The first-order valence-corrected chi connectivity index (χ1v) is 9.64. The maximum atomic E-state index is 12.6. The first-order valence-electron chi connectivity index (χ1n) is 8.76. The predicted octanol–water partition coefficient (Wildman–Crippen LogP) is 3.40. The summed E-state index contributed by atoms with van der Waals surface area (Å²) in [4.78, 5) is 30.4. The molecule has 0 spiro atoms. The van der Waals surface area contributed by atoms with Gasteiger partial charge in [-0.1, -0.05) is 30.3 Å². The highest BCUT2D eigenvalue weighted by Crippen LogP contribution is 2.14. The van der Waals surface area contributed by atoms with Crippen LogP contribution in [0.2, 0.25) is 0 Å². The minimum Gasteiger partial charge on any atom is -0.461 e. The number of hydrogen-bond acceptors (Lipinski definition) is 6. The van der Waals surface area contributed by atoms with Crippen molar-refractivity contribution >= 4 is 29.3 Å². The largest absolute Gasteiger partial charge is 0.461 e. The van der Waals surface area contributed by atoms with Crippen LogP contribution in [0.3, 0.4) is 0 Å². The summed E-state index contributed by atoms with van der Waals surface area (Å²) in [7, 11) is 1.63. The number of benzene rings is 1. The fourth-order valence-electron chi connectivity index (χ4n) is 2.35. The smallest absolute Gasteiger partial charge is 0.357 e. The van der Waals surface area contributed by atoms with Gasteiger partial charge in [-0.05, 0) is 25.0 Å². The monoisotopic (exact) mass is 388 g/mol. The van der Waals surface area contributed by atoms with Crippen molar-refractivity contribution in [3.63, 3.8) is 0 Å². The Hall–Kier alpha value is -2.51. The minimum atomic E-state index is -0.443. The van der Waals surface area contributed by atoms with E-state index in [1.165, 1.54) is 11.3 Å². The molecule has 7 heteroatoms. The number of aromatic nitrogens is 1. The minimum absolute atomic E-state index is 0.108. The molecule has 2 rings (SSSR count). The lowest BCUT2D eigenvalue weighted by Gasteiger charge is -2.20. The van der Waals surface area contributed by atoms with E-state index in [1.807, 2.05) is 30.3 Å². The molecule has 0 saturated heterocycles. The summed E-state index contributed by atoms with van der Waals surface area (Å²) in [5.74, 6) is -0.552. The third-order valence-corrected chi connectivity index (χ3v) is 4.50. The van der Waals surface area contributed by atoms with Gasteiger partial charge >= 0.3 is 5.97 Å². The van der Waals surface area contributed by atoms with Crippen LogP contribution in [0, 0.1) is 0 Å². The van der Waals surface area contributed by atoms with Gasteiger partial charge in [0.2, 0.25) is 5.91 Å². The molecular formula is C20H24N2O4S. The topological polar surface area (TPSA) is 68.7 Å². The molecule has 0 bridgehead atoms. The molecule has 0 aliphatic rings. The van der Waals surface area contributed by atoms with Gasteiger partial charge < -0.3 is 14.4 Å². The average molecular weight is 388 g/mol. The van der Waals surface area contributed by atoms with Crippen LogP contribution in [-0.4, -0.2) is 48.6 Å². The Labute approximate surface area is 163 Å². The third kappa shape index (κ3) is 6.96. The highest BCUT2D eigenvalue weighted by atomic mass is 32.1. The second-order valence-corrected chi connectivity index (χ2v) is 6.64. The van der Waals surface area contributed by atoms with Gasteiger partial charge in [-0.3, -0.25) is 4.79 Å². The van der Waals surface area contributed by atoms with Crippen LogP contribution in [-0.2, 0) is 20.8 Å². The summed E-state index contributed by atoms with van der Waals surface area (Å²) in [5.41, 5.74) is 1.24. The first kappa shape index (κ1) is 20.8. The maximum Gasteiger partial charge on any atom is 0.357 e. The summed E-state index contributed by atoms with van der Waals surface area (Å²) < 4.78 is 10.0. The molecule has 0 aliphatic carbocycles. The maximum absolute atomic E-state index is 12.6. The van der Waals surface area contributed by atoms with Gasteiger partial charge in [0, 0.05) is 31.7 Å². The van der Waals surface area contributed by atoms with Crippen molar-refractivity contribution in [1.29, 1.82) is 0 Å². The summed E-state index contributed by atoms with van der Waals surface area (Å²) in [6.45, 7) is 3.50. The van der Waals surface area contributed by atoms with Gasteiger partial charge in [0.05, 0.1) is 13.2 Å². The predicted molar refractivity (Wildman–Crippen MR) is 105 cm³/mol. The fraction of sp³-hybridized carbons (Fsp3) is 0.350. The SMILES string of the molecule is CCOC(=O)c1csc(CN(CCCOC)C(=O)C=Cc2ccccc2)n1. The zero-order valence-electron chi connectivity index (χ0n) is 15.6. The molecule has 1 aromatic heterocycles. The summed E-state index contributed by atoms with van der Waals surface area (Å²) >= 11 is 1.34. The Balaban J connectivity index is 2.05. The van der Waals surface area contributed by atoms with Crippen LogP contribution in [0.5, 0.6) is 0 Å². The molecular weight excluding hydrogens is 364 g/mol. The quantitative estimate of drug-likeness (QED) is 0.354. The van der Waals surface area contributed by atoms with E-state index in [9.17, 15) is 9.59 Å². The highest BCUT2D eigenvalue weighted by molar-refractivity contribution is 7.09. The van der Waals surface area contributed by atoms with Crippen LogP contribution >= 0.6 is 11.3 Å². The lowest BCUT2D eigenvalue weighted by molar-refractivity contribution is -0.126. The molecule has 0 N–H and O–H groups in total. The van der Waals surface area contributed by atoms with E-state index < -0.39 is 5.97 Å². The zero-order chi connectivity index (χ0) is 19.5. The van der Waals surface area contributed by atoms with Gasteiger partial charge in [-0.2, -0.15) is 0 Å². The molecule has 1 amide bonds. The van der Waals surface area contributed by atoms with Gasteiger partial charge in [0.1, 0.15) is 5.01 Å². The van der Waals surface area contributed by atoms with Crippen molar-refractivity contribution in [2.75, 3.05) is 26.9 Å². The summed E-state index contributed by atoms with van der Waals surface area (Å²) in [6, 6.07) is 9.65. The van der Waals surface area contributed by atoms with E-state index in [1.54, 1.807) is 36.5 Å². The Morgan fingerprint density at radius 2 is 2.04 bits per heavy atom. The van der Waals surface area contributed by atoms with Gasteiger partial charge in [-0.25, -0.2) is 9.78 Å². The lowest BCUT2D eigenvalue weighted by Crippen LogP contribution is -2.30. The zero-order valence-corrected chi connectivity index (χ0v) is 16.4. The molecule has 27 heavy (non-hydrogen) atoms. The normalized spacial score (nSPS) is 10.9. The van der Waals surface area contributed by atoms with Crippen LogP contribution in [0.25, 0.3) is 6.08 Å². The molecule has 2 aromatic rings. The highest BCUT2D eigenvalue weighted by Gasteiger charge is 2.16. The molecule has 0 fully saturated rings. The first-order chi connectivity index (χ1) is 13.1. The molecule has 1 heterocycles. The number of carbonyl (C=O) groups is 2. The fourth-order valence-corrected chi connectivity index (χ4v) is 3.13. The Morgan fingerprint density at radius 3 is 2.74 bits per heavy atom. The Bertz CT molecular complexity index is 758. The van der Waals surface area contributed by atoms with Crippen LogP contribution in [0.1, 0.15) is 34.4 Å². The van der Waals surface area contributed by atoms with E-state index in [2.05, 4.69) is 4.98 Å². The van der Waals surface area contributed by atoms with E-state index in [0.29, 0.717) is 31.3 Å². The average Bonchev–Trinajstić information content (AvgIpc) is 3.15. The number of esters is 1. The second-order valence-electron chi connectivity index (χ2n) is 5.70. The van der Waals surface area contributed by atoms with Crippen molar-refractivity contribution in [3.8, 4) is 0 Å². The number of nitrogens with zero attached hydrogens (tertiary/aromatic N) is 2. The number of ether oxygens (including phenoxy) is 2. The van der Waals surface area contributed by atoms with E-state index in [-0.39, 0.29) is 11.6 Å². The molecule has 0 unspecified atom stereocenters. The number of amides is 1. The van der Waals surface area contributed by atoms with Gasteiger partial charge in [-0.15, -0.1) is 11.3 Å². The molecule has 144 valence electrons. The van der Waals surface area contributed by atoms with Crippen molar-refractivity contribution in [1.82, 2.24) is 9.88 Å². The lowest BCUT2D eigenvalue weighted by atomic mass is 10.2. The number of carbonyl (C=O) groups excluding carboxylic acids is 2. The molecule has 0 atom stereocenters. The van der Waals surface area contributed by atoms with Gasteiger partial charge in [0.15, 0.2) is 5.69 Å². The standard InChI is InChI=1S/C20H24N2O4S/c1-3-26-20(24)17-15-27-18(21-17)14-22(12-7-13-25-2)19(23)11-10-16-8-5-4-6-9-16/h4-6,8-11,15H,3,7,12-14H2,1-2H3. The summed E-state index contributed by atoms with van der Waals surface area (Å²) in [5, 5.41) is 2.35. The summed E-state index contributed by atoms with van der Waals surface area (Å²) in [6.07, 6.45) is 4.07. The molecule has 1 aromatic carbocycles. The van der Waals surface area contributed by atoms with Crippen molar-refractivity contribution < 1.29 is 19.1 Å². The number of thiazole rings is 1. The third-order valence-electron chi connectivity index (χ3n) is 3.67. The van der Waals surface area contributed by atoms with E-state index in [4.69, 9.17) is 9.47 Å². The van der Waals surface area contributed by atoms with Crippen LogP contribution < -0.4 is 0 Å². The molecule has 0 saturated carbocycles. The van der Waals surface area contributed by atoms with Crippen LogP contribution in [0.4, 0.5) is 0 Å². The Kier molecular flexibility index (Phi) is 8.67. The second kappa shape index (κ2) is 11.3. The molecule has 0 radical (unpaired) electrons. The molecule has 6 nitrogen and oxygen atoms in total. The number of methoxy groups -OCH3 is 1. The number of rotatable bonds is 10. The van der Waals surface area contributed by atoms with Crippen LogP contribution in [0.15, 0.2) is 41.8 Å². The van der Waals surface area contributed by atoms with E-state index in [0.717, 1.165) is 12.0 Å². The Morgan fingerprint density at radius 1 is 1.26 bits per heavy atom. The van der Waals surface area contributed by atoms with Crippen molar-refractivity contribution in [3.05, 3.63) is 58.1 Å². The van der Waals surface area contributed by atoms with E-state index >= 15 is 0 Å². The molecule has 0 aliphatic heterocycles. The van der Waals surface area contributed by atoms with Gasteiger partial charge in [0.25, 0.3) is 0 Å².